The molecule has 0 unspecified atom stereocenters. The van der Waals surface area contributed by atoms with Gasteiger partial charge < -0.3 is 15.2 Å². The summed E-state index contributed by atoms with van der Waals surface area (Å²) in [6.07, 6.45) is 1.82. The van der Waals surface area contributed by atoms with Crippen molar-refractivity contribution < 1.29 is 4.52 Å². The van der Waals surface area contributed by atoms with Crippen LogP contribution in [0.4, 0.5) is 0 Å². The average molecular weight is 526 g/mol. The van der Waals surface area contributed by atoms with E-state index in [9.17, 15) is 0 Å². The number of rotatable bonds is 7. The molecule has 9 heteroatoms. The van der Waals surface area contributed by atoms with Crippen LogP contribution in [0.3, 0.4) is 0 Å². The van der Waals surface area contributed by atoms with E-state index in [-0.39, 0.29) is 24.0 Å². The van der Waals surface area contributed by atoms with Gasteiger partial charge in [0.25, 0.3) is 5.89 Å². The largest absolute Gasteiger partial charge is 0.352 e. The van der Waals surface area contributed by atoms with Crippen LogP contribution in [0.25, 0.3) is 11.5 Å². The van der Waals surface area contributed by atoms with Crippen LogP contribution in [0.2, 0.25) is 0 Å². The summed E-state index contributed by atoms with van der Waals surface area (Å²) in [5.41, 5.74) is 3.11. The molecular weight excluding hydrogens is 499 g/mol. The molecule has 156 valence electrons. The molecule has 0 spiro atoms. The molecule has 3 aromatic rings. The van der Waals surface area contributed by atoms with Crippen molar-refractivity contribution >= 4 is 41.3 Å². The van der Waals surface area contributed by atoms with Gasteiger partial charge in [-0.1, -0.05) is 24.2 Å². The number of hydrogen-bond donors (Lipinski definition) is 2. The quantitative estimate of drug-likeness (QED) is 0.272. The lowest BCUT2D eigenvalue weighted by atomic mass is 10.1. The maximum atomic E-state index is 5.38. The van der Waals surface area contributed by atoms with Crippen LogP contribution in [-0.2, 0) is 19.5 Å². The average Bonchev–Trinajstić information content (AvgIpc) is 3.28. The molecule has 0 bridgehead atoms. The van der Waals surface area contributed by atoms with E-state index in [1.54, 1.807) is 18.4 Å². The first-order chi connectivity index (χ1) is 13.6. The topological polar surface area (TPSA) is 88.2 Å². The summed E-state index contributed by atoms with van der Waals surface area (Å²) < 4.78 is 5.38. The Hall–Kier alpha value is -2.01. The van der Waals surface area contributed by atoms with Gasteiger partial charge >= 0.3 is 0 Å². The molecule has 29 heavy (non-hydrogen) atoms. The lowest BCUT2D eigenvalue weighted by Crippen LogP contribution is -2.36. The van der Waals surface area contributed by atoms with Crippen LogP contribution in [0.1, 0.15) is 40.3 Å². The molecule has 0 fully saturated rings. The molecule has 3 rings (SSSR count). The zero-order valence-corrected chi connectivity index (χ0v) is 20.3. The molecule has 0 aliphatic heterocycles. The molecule has 1 aromatic carbocycles. The molecule has 0 aliphatic carbocycles. The van der Waals surface area contributed by atoms with Crippen LogP contribution in [0.15, 0.2) is 33.8 Å². The highest BCUT2D eigenvalue weighted by atomic mass is 127. The lowest BCUT2D eigenvalue weighted by Gasteiger charge is -2.12. The van der Waals surface area contributed by atoms with Gasteiger partial charge in [0.15, 0.2) is 11.8 Å². The SMILES string of the molecule is CCCc1noc(-c2cccc(CNC(=NC)NCc3sc(C)nc3C)c2)n1.I. The highest BCUT2D eigenvalue weighted by molar-refractivity contribution is 14.0. The van der Waals surface area contributed by atoms with E-state index in [2.05, 4.69) is 49.8 Å². The lowest BCUT2D eigenvalue weighted by molar-refractivity contribution is 0.422. The van der Waals surface area contributed by atoms with E-state index in [0.717, 1.165) is 46.5 Å². The number of nitrogens with zero attached hydrogens (tertiary/aromatic N) is 4. The predicted octanol–water partition coefficient (Wildman–Crippen LogP) is 4.25. The second kappa shape index (κ2) is 11.2. The summed E-state index contributed by atoms with van der Waals surface area (Å²) in [6.45, 7) is 7.51. The standard InChI is InChI=1S/C20H26N6OS.HI/c1-5-7-18-25-19(27-26-18)16-9-6-8-15(10-16)11-22-20(21-4)23-12-17-13(2)24-14(3)28-17;/h6,8-10H,5,7,11-12H2,1-4H3,(H2,21,22,23);1H. The second-order valence-electron chi connectivity index (χ2n) is 6.49. The van der Waals surface area contributed by atoms with Crippen molar-refractivity contribution in [1.29, 1.82) is 0 Å². The Bertz CT molecular complexity index is 952. The van der Waals surface area contributed by atoms with E-state index >= 15 is 0 Å². The Morgan fingerprint density at radius 2 is 1.97 bits per heavy atom. The Morgan fingerprint density at radius 3 is 2.66 bits per heavy atom. The summed E-state index contributed by atoms with van der Waals surface area (Å²) >= 11 is 1.71. The van der Waals surface area contributed by atoms with Crippen molar-refractivity contribution in [2.75, 3.05) is 7.05 Å². The normalized spacial score (nSPS) is 11.2. The van der Waals surface area contributed by atoms with E-state index < -0.39 is 0 Å². The van der Waals surface area contributed by atoms with Crippen molar-refractivity contribution in [1.82, 2.24) is 25.8 Å². The number of halogens is 1. The van der Waals surface area contributed by atoms with Crippen LogP contribution < -0.4 is 10.6 Å². The van der Waals surface area contributed by atoms with Crippen LogP contribution in [0, 0.1) is 13.8 Å². The molecule has 0 aliphatic rings. The van der Waals surface area contributed by atoms with Gasteiger partial charge in [-0.15, -0.1) is 35.3 Å². The van der Waals surface area contributed by atoms with Crippen molar-refractivity contribution in [3.05, 3.63) is 51.2 Å². The fourth-order valence-electron chi connectivity index (χ4n) is 2.82. The molecule has 2 N–H and O–H groups in total. The van der Waals surface area contributed by atoms with Crippen LogP contribution in [0.5, 0.6) is 0 Å². The molecule has 0 amide bonds. The smallest absolute Gasteiger partial charge is 0.257 e. The van der Waals surface area contributed by atoms with Gasteiger partial charge in [-0.05, 0) is 38.0 Å². The first-order valence-electron chi connectivity index (χ1n) is 9.38. The Balaban J connectivity index is 0.00000300. The maximum Gasteiger partial charge on any atom is 0.257 e. The summed E-state index contributed by atoms with van der Waals surface area (Å²) in [6, 6.07) is 8.09. The minimum atomic E-state index is 0. The third-order valence-corrected chi connectivity index (χ3v) is 5.29. The number of benzene rings is 1. The minimum Gasteiger partial charge on any atom is -0.352 e. The van der Waals surface area contributed by atoms with E-state index in [0.29, 0.717) is 19.0 Å². The first-order valence-corrected chi connectivity index (χ1v) is 10.2. The minimum absolute atomic E-state index is 0. The number of nitrogens with one attached hydrogen (secondary N) is 2. The first kappa shape index (κ1) is 23.3. The van der Waals surface area contributed by atoms with Crippen molar-refractivity contribution in [2.45, 2.75) is 46.7 Å². The van der Waals surface area contributed by atoms with Gasteiger partial charge in [0.2, 0.25) is 0 Å². The van der Waals surface area contributed by atoms with Crippen molar-refractivity contribution in [3.63, 3.8) is 0 Å². The molecule has 0 saturated heterocycles. The Labute approximate surface area is 192 Å². The molecule has 0 saturated carbocycles. The van der Waals surface area contributed by atoms with E-state index in [1.807, 2.05) is 26.0 Å². The molecule has 2 heterocycles. The highest BCUT2D eigenvalue weighted by Crippen LogP contribution is 2.19. The summed E-state index contributed by atoms with van der Waals surface area (Å²) in [7, 11) is 1.77. The number of thiazole rings is 1. The fraction of sp³-hybridized carbons (Fsp3) is 0.400. The van der Waals surface area contributed by atoms with Crippen molar-refractivity contribution in [3.8, 4) is 11.5 Å². The maximum absolute atomic E-state index is 5.38. The molecule has 7 nitrogen and oxygen atoms in total. The van der Waals surface area contributed by atoms with Gasteiger partial charge in [-0.2, -0.15) is 4.98 Å². The summed E-state index contributed by atoms with van der Waals surface area (Å²) in [5.74, 6) is 2.06. The molecule has 2 aromatic heterocycles. The zero-order valence-electron chi connectivity index (χ0n) is 17.2. The summed E-state index contributed by atoms with van der Waals surface area (Å²) in [4.78, 5) is 14.4. The Kier molecular flexibility index (Phi) is 9.02. The van der Waals surface area contributed by atoms with Crippen LogP contribution in [-0.4, -0.2) is 28.1 Å². The second-order valence-corrected chi connectivity index (χ2v) is 7.77. The van der Waals surface area contributed by atoms with Gasteiger partial charge in [-0.25, -0.2) is 4.98 Å². The Morgan fingerprint density at radius 1 is 1.17 bits per heavy atom. The number of hydrogen-bond acceptors (Lipinski definition) is 6. The molecular formula is C20H27IN6OS. The van der Waals surface area contributed by atoms with Crippen LogP contribution >= 0.6 is 35.3 Å². The predicted molar refractivity (Wildman–Crippen MR) is 128 cm³/mol. The third-order valence-electron chi connectivity index (χ3n) is 4.22. The molecule has 0 atom stereocenters. The fourth-order valence-corrected chi connectivity index (χ4v) is 3.70. The van der Waals surface area contributed by atoms with E-state index in [4.69, 9.17) is 4.52 Å². The van der Waals surface area contributed by atoms with Gasteiger partial charge in [-0.3, -0.25) is 4.99 Å². The van der Waals surface area contributed by atoms with Gasteiger partial charge in [0.05, 0.1) is 17.2 Å². The summed E-state index contributed by atoms with van der Waals surface area (Å²) in [5, 5.41) is 11.8. The number of guanidine groups is 1. The van der Waals surface area contributed by atoms with Crippen molar-refractivity contribution in [2.24, 2.45) is 4.99 Å². The number of aromatic nitrogens is 3. The van der Waals surface area contributed by atoms with Gasteiger partial charge in [0, 0.05) is 30.5 Å². The number of aryl methyl sites for hydroxylation is 3. The van der Waals surface area contributed by atoms with E-state index in [1.165, 1.54) is 4.88 Å². The number of aliphatic imine (C=N–C) groups is 1. The molecule has 0 radical (unpaired) electrons. The zero-order chi connectivity index (χ0) is 19.9. The van der Waals surface area contributed by atoms with Gasteiger partial charge in [0.1, 0.15) is 0 Å². The monoisotopic (exact) mass is 526 g/mol. The third kappa shape index (κ3) is 6.49. The highest BCUT2D eigenvalue weighted by Gasteiger charge is 2.09.